The van der Waals surface area contributed by atoms with Crippen LogP contribution in [0.1, 0.15) is 27.2 Å². The predicted molar refractivity (Wildman–Crippen MR) is 74.9 cm³/mol. The Morgan fingerprint density at radius 2 is 2.17 bits per heavy atom. The van der Waals surface area contributed by atoms with Gasteiger partial charge in [-0.1, -0.05) is 20.8 Å². The van der Waals surface area contributed by atoms with Crippen LogP contribution < -0.4 is 16.1 Å². The summed E-state index contributed by atoms with van der Waals surface area (Å²) in [5.74, 6) is 1.14. The molecule has 6 heteroatoms. The van der Waals surface area contributed by atoms with Crippen molar-refractivity contribution in [2.75, 3.05) is 19.3 Å². The number of carbonyl (C=O) groups is 1. The van der Waals surface area contributed by atoms with E-state index in [2.05, 4.69) is 36.8 Å². The van der Waals surface area contributed by atoms with E-state index in [1.807, 2.05) is 12.1 Å². The lowest BCUT2D eigenvalue weighted by Gasteiger charge is -2.27. The average Bonchev–Trinajstić information content (AvgIpc) is 2.85. The molecule has 0 aromatic carbocycles. The van der Waals surface area contributed by atoms with Crippen LogP contribution in [0.5, 0.6) is 0 Å². The van der Waals surface area contributed by atoms with Gasteiger partial charge in [0.25, 0.3) is 0 Å². The fourth-order valence-electron chi connectivity index (χ4n) is 2.19. The highest BCUT2D eigenvalue weighted by Gasteiger charge is 2.35. The molecule has 0 spiro atoms. The normalized spacial score (nSPS) is 33.9. The Morgan fingerprint density at radius 1 is 1.44 bits per heavy atom. The van der Waals surface area contributed by atoms with Gasteiger partial charge in [0, 0.05) is 25.4 Å². The number of nitrogens with one attached hydrogen (secondary N) is 3. The summed E-state index contributed by atoms with van der Waals surface area (Å²) in [4.78, 5) is 12.0. The summed E-state index contributed by atoms with van der Waals surface area (Å²) >= 11 is 1.78. The van der Waals surface area contributed by atoms with Gasteiger partial charge in [-0.25, -0.2) is 10.4 Å². The number of hydrogen-bond donors (Lipinski definition) is 3. The standard InChI is InChI=1S/C12H24N4OS/c1-12(2,3)9-7-18-11(13-9)14-10(17)8-5-6-16(4)15-8/h8-9,11,13,15H,5-7H2,1-4H3,(H,14,17). The van der Waals surface area contributed by atoms with E-state index >= 15 is 0 Å². The van der Waals surface area contributed by atoms with Gasteiger partial charge in [0.15, 0.2) is 0 Å². The van der Waals surface area contributed by atoms with Gasteiger partial charge in [0.2, 0.25) is 5.91 Å². The zero-order valence-corrected chi connectivity index (χ0v) is 12.4. The summed E-state index contributed by atoms with van der Waals surface area (Å²) in [6, 6.07) is 0.373. The first-order chi connectivity index (χ1) is 8.36. The lowest BCUT2D eigenvalue weighted by molar-refractivity contribution is -0.123. The zero-order chi connectivity index (χ0) is 13.3. The molecule has 2 saturated heterocycles. The number of hydrazine groups is 1. The van der Waals surface area contributed by atoms with Gasteiger partial charge in [-0.3, -0.25) is 10.1 Å². The van der Waals surface area contributed by atoms with Crippen molar-refractivity contribution in [2.24, 2.45) is 5.41 Å². The van der Waals surface area contributed by atoms with Crippen molar-refractivity contribution in [3.05, 3.63) is 0 Å². The number of hydrogen-bond acceptors (Lipinski definition) is 5. The molecule has 18 heavy (non-hydrogen) atoms. The van der Waals surface area contributed by atoms with Gasteiger partial charge < -0.3 is 5.32 Å². The highest BCUT2D eigenvalue weighted by molar-refractivity contribution is 8.00. The quantitative estimate of drug-likeness (QED) is 0.677. The van der Waals surface area contributed by atoms with Gasteiger partial charge in [0.1, 0.15) is 11.5 Å². The Balaban J connectivity index is 1.79. The molecule has 0 saturated carbocycles. The number of rotatable bonds is 2. The van der Waals surface area contributed by atoms with Crippen molar-refractivity contribution in [3.8, 4) is 0 Å². The van der Waals surface area contributed by atoms with Crippen molar-refractivity contribution >= 4 is 17.7 Å². The summed E-state index contributed by atoms with van der Waals surface area (Å²) in [7, 11) is 1.96. The highest BCUT2D eigenvalue weighted by Crippen LogP contribution is 2.29. The minimum atomic E-state index is -0.0777. The van der Waals surface area contributed by atoms with Crippen molar-refractivity contribution in [1.82, 2.24) is 21.1 Å². The molecule has 0 radical (unpaired) electrons. The van der Waals surface area contributed by atoms with Crippen LogP contribution in [0.15, 0.2) is 0 Å². The molecule has 2 rings (SSSR count). The molecule has 3 N–H and O–H groups in total. The van der Waals surface area contributed by atoms with Gasteiger partial charge >= 0.3 is 0 Å². The highest BCUT2D eigenvalue weighted by atomic mass is 32.2. The Hall–Kier alpha value is -0.300. The molecule has 5 nitrogen and oxygen atoms in total. The maximum atomic E-state index is 12.0. The van der Waals surface area contributed by atoms with Crippen molar-refractivity contribution < 1.29 is 4.79 Å². The second-order valence-electron chi connectivity index (χ2n) is 6.20. The summed E-state index contributed by atoms with van der Waals surface area (Å²) in [6.45, 7) is 7.60. The average molecular weight is 272 g/mol. The van der Waals surface area contributed by atoms with Gasteiger partial charge in [-0.15, -0.1) is 11.8 Å². The molecule has 0 bridgehead atoms. The van der Waals surface area contributed by atoms with Crippen LogP contribution in [0, 0.1) is 5.41 Å². The minimum absolute atomic E-state index is 0.0504. The van der Waals surface area contributed by atoms with Gasteiger partial charge in [-0.2, -0.15) is 0 Å². The Labute approximate surface area is 113 Å². The summed E-state index contributed by atoms with van der Waals surface area (Å²) in [5.41, 5.74) is 3.44. The molecule has 104 valence electrons. The maximum Gasteiger partial charge on any atom is 0.240 e. The van der Waals surface area contributed by atoms with E-state index < -0.39 is 0 Å². The molecule has 1 amide bonds. The molecule has 2 aliphatic rings. The number of carbonyl (C=O) groups excluding carboxylic acids is 1. The monoisotopic (exact) mass is 272 g/mol. The summed E-state index contributed by atoms with van der Waals surface area (Å²) in [5, 5.41) is 8.52. The van der Waals surface area contributed by atoms with Crippen molar-refractivity contribution in [2.45, 2.75) is 44.8 Å². The lowest BCUT2D eigenvalue weighted by Crippen LogP contribution is -2.51. The smallest absolute Gasteiger partial charge is 0.240 e. The third kappa shape index (κ3) is 3.38. The lowest BCUT2D eigenvalue weighted by atomic mass is 9.88. The molecule has 0 aromatic rings. The van der Waals surface area contributed by atoms with E-state index in [1.165, 1.54) is 0 Å². The third-order valence-electron chi connectivity index (χ3n) is 3.55. The van der Waals surface area contributed by atoms with Crippen LogP contribution in [-0.2, 0) is 4.79 Å². The first-order valence-electron chi connectivity index (χ1n) is 6.51. The minimum Gasteiger partial charge on any atom is -0.330 e. The van der Waals surface area contributed by atoms with Crippen molar-refractivity contribution in [3.63, 3.8) is 0 Å². The number of amides is 1. The predicted octanol–water partition coefficient (Wildman–Crippen LogP) is 0.346. The fraction of sp³-hybridized carbons (Fsp3) is 0.917. The Morgan fingerprint density at radius 3 is 2.67 bits per heavy atom. The van der Waals surface area contributed by atoms with Crippen LogP contribution in [0.2, 0.25) is 0 Å². The van der Waals surface area contributed by atoms with E-state index in [0.717, 1.165) is 18.7 Å². The molecule has 3 atom stereocenters. The first-order valence-corrected chi connectivity index (χ1v) is 7.56. The van der Waals surface area contributed by atoms with E-state index in [-0.39, 0.29) is 22.9 Å². The Kier molecular flexibility index (Phi) is 4.21. The number of thioether (sulfide) groups is 1. The maximum absolute atomic E-state index is 12.0. The van der Waals surface area contributed by atoms with Crippen LogP contribution in [0.4, 0.5) is 0 Å². The van der Waals surface area contributed by atoms with E-state index in [1.54, 1.807) is 11.8 Å². The Bertz CT molecular complexity index is 318. The fourth-order valence-corrected chi connectivity index (χ4v) is 3.63. The molecule has 3 unspecified atom stereocenters. The van der Waals surface area contributed by atoms with E-state index in [4.69, 9.17) is 0 Å². The molecule has 2 heterocycles. The molecule has 2 aliphatic heterocycles. The van der Waals surface area contributed by atoms with Crippen LogP contribution in [-0.4, -0.2) is 47.8 Å². The zero-order valence-electron chi connectivity index (χ0n) is 11.6. The van der Waals surface area contributed by atoms with E-state index in [9.17, 15) is 4.79 Å². The molecule has 0 aromatic heterocycles. The number of nitrogens with zero attached hydrogens (tertiary/aromatic N) is 1. The van der Waals surface area contributed by atoms with Crippen LogP contribution >= 0.6 is 11.8 Å². The van der Waals surface area contributed by atoms with Crippen molar-refractivity contribution in [1.29, 1.82) is 0 Å². The molecule has 0 aliphatic carbocycles. The van der Waals surface area contributed by atoms with Crippen LogP contribution in [0.3, 0.4) is 0 Å². The third-order valence-corrected chi connectivity index (χ3v) is 4.66. The van der Waals surface area contributed by atoms with E-state index in [0.29, 0.717) is 6.04 Å². The summed E-state index contributed by atoms with van der Waals surface area (Å²) in [6.07, 6.45) is 0.877. The second kappa shape index (κ2) is 5.36. The SMILES string of the molecule is CN1CCC(C(=O)NC2NC(C(C)(C)C)CS2)N1. The topological polar surface area (TPSA) is 56.4 Å². The molecule has 2 fully saturated rings. The first kappa shape index (κ1) is 14.1. The molecular formula is C12H24N4OS. The molecular weight excluding hydrogens is 248 g/mol. The van der Waals surface area contributed by atoms with Gasteiger partial charge in [-0.05, 0) is 11.8 Å². The second-order valence-corrected chi connectivity index (χ2v) is 7.34. The summed E-state index contributed by atoms with van der Waals surface area (Å²) < 4.78 is 0. The van der Waals surface area contributed by atoms with Gasteiger partial charge in [0.05, 0.1) is 0 Å². The largest absolute Gasteiger partial charge is 0.330 e. The van der Waals surface area contributed by atoms with Crippen LogP contribution in [0.25, 0.3) is 0 Å².